The Balaban J connectivity index is 2.01. The molecule has 1 saturated heterocycles. The first-order valence-corrected chi connectivity index (χ1v) is 8.16. The number of benzene rings is 1. The van der Waals surface area contributed by atoms with Crippen LogP contribution in [-0.4, -0.2) is 42.3 Å². The van der Waals surface area contributed by atoms with Gasteiger partial charge in [0.05, 0.1) is 17.5 Å². The molecule has 1 unspecified atom stereocenters. The number of hydrogen-bond donors (Lipinski definition) is 1. The third-order valence-corrected chi connectivity index (χ3v) is 3.98. The van der Waals surface area contributed by atoms with E-state index in [1.807, 2.05) is 24.3 Å². The van der Waals surface area contributed by atoms with E-state index in [0.29, 0.717) is 18.5 Å². The van der Waals surface area contributed by atoms with Crippen molar-refractivity contribution in [3.05, 3.63) is 24.3 Å². The van der Waals surface area contributed by atoms with Crippen molar-refractivity contribution in [3.8, 4) is 5.88 Å². The standard InChI is InChI=1S/C17H24N4O/c1-3-11-22-16-14-7-4-5-8-15(14)19-17(20-16)21-10-6-9-18-12-13(21)2/h4-5,7-8,13,18H,3,6,9-12H2,1-2H3. The Morgan fingerprint density at radius 2 is 2.18 bits per heavy atom. The number of nitrogens with zero attached hydrogens (tertiary/aromatic N) is 3. The molecule has 1 aromatic carbocycles. The topological polar surface area (TPSA) is 50.3 Å². The van der Waals surface area contributed by atoms with Crippen molar-refractivity contribution in [3.63, 3.8) is 0 Å². The number of aromatic nitrogens is 2. The van der Waals surface area contributed by atoms with Crippen LogP contribution in [0.4, 0.5) is 5.95 Å². The number of hydrogen-bond acceptors (Lipinski definition) is 5. The fourth-order valence-corrected chi connectivity index (χ4v) is 2.79. The zero-order chi connectivity index (χ0) is 15.4. The van der Waals surface area contributed by atoms with Gasteiger partial charge in [0.2, 0.25) is 11.8 Å². The highest BCUT2D eigenvalue weighted by atomic mass is 16.5. The van der Waals surface area contributed by atoms with Gasteiger partial charge in [-0.1, -0.05) is 19.1 Å². The first-order valence-electron chi connectivity index (χ1n) is 8.16. The monoisotopic (exact) mass is 300 g/mol. The lowest BCUT2D eigenvalue weighted by Crippen LogP contribution is -2.38. The summed E-state index contributed by atoms with van der Waals surface area (Å²) in [7, 11) is 0. The van der Waals surface area contributed by atoms with Gasteiger partial charge in [0.1, 0.15) is 0 Å². The molecule has 2 aromatic rings. The van der Waals surface area contributed by atoms with Gasteiger partial charge in [0, 0.05) is 19.1 Å². The van der Waals surface area contributed by atoms with Crippen LogP contribution in [0.5, 0.6) is 5.88 Å². The Morgan fingerprint density at radius 3 is 3.05 bits per heavy atom. The molecule has 0 aliphatic carbocycles. The molecule has 3 rings (SSSR count). The molecule has 1 fully saturated rings. The van der Waals surface area contributed by atoms with Crippen molar-refractivity contribution < 1.29 is 4.74 Å². The quantitative estimate of drug-likeness (QED) is 0.940. The van der Waals surface area contributed by atoms with Gasteiger partial charge in [-0.05, 0) is 38.4 Å². The van der Waals surface area contributed by atoms with Crippen LogP contribution in [-0.2, 0) is 0 Å². The van der Waals surface area contributed by atoms with Crippen LogP contribution in [0, 0.1) is 0 Å². The van der Waals surface area contributed by atoms with E-state index < -0.39 is 0 Å². The largest absolute Gasteiger partial charge is 0.477 e. The Bertz CT molecular complexity index is 631. The molecule has 0 amide bonds. The van der Waals surface area contributed by atoms with Gasteiger partial charge in [0.25, 0.3) is 0 Å². The van der Waals surface area contributed by atoms with E-state index >= 15 is 0 Å². The minimum Gasteiger partial charge on any atom is -0.477 e. The van der Waals surface area contributed by atoms with Crippen LogP contribution in [0.25, 0.3) is 10.9 Å². The van der Waals surface area contributed by atoms with Crippen molar-refractivity contribution in [1.82, 2.24) is 15.3 Å². The second-order valence-electron chi connectivity index (χ2n) is 5.79. The summed E-state index contributed by atoms with van der Waals surface area (Å²) in [4.78, 5) is 11.8. The summed E-state index contributed by atoms with van der Waals surface area (Å²) in [6.45, 7) is 7.97. The van der Waals surface area contributed by atoms with E-state index in [1.54, 1.807) is 0 Å². The summed E-state index contributed by atoms with van der Waals surface area (Å²) in [5, 5.41) is 4.44. The Hall–Kier alpha value is -1.88. The highest BCUT2D eigenvalue weighted by molar-refractivity contribution is 5.84. The number of fused-ring (bicyclic) bond motifs is 1. The average Bonchev–Trinajstić information content (AvgIpc) is 2.77. The number of para-hydroxylation sites is 1. The summed E-state index contributed by atoms with van der Waals surface area (Å²) in [6, 6.07) is 8.44. The molecular formula is C17H24N4O. The highest BCUT2D eigenvalue weighted by Crippen LogP contribution is 2.26. The van der Waals surface area contributed by atoms with E-state index in [2.05, 4.69) is 24.1 Å². The predicted octanol–water partition coefficient (Wildman–Crippen LogP) is 2.61. The number of anilines is 1. The molecule has 118 valence electrons. The van der Waals surface area contributed by atoms with Crippen LogP contribution in [0.3, 0.4) is 0 Å². The summed E-state index contributed by atoms with van der Waals surface area (Å²) in [5.41, 5.74) is 0.947. The molecule has 5 nitrogen and oxygen atoms in total. The molecule has 1 N–H and O–H groups in total. The maximum absolute atomic E-state index is 5.87. The average molecular weight is 300 g/mol. The van der Waals surface area contributed by atoms with Gasteiger partial charge >= 0.3 is 0 Å². The van der Waals surface area contributed by atoms with Crippen LogP contribution < -0.4 is 15.0 Å². The van der Waals surface area contributed by atoms with Crippen molar-refractivity contribution in [2.24, 2.45) is 0 Å². The fraction of sp³-hybridized carbons (Fsp3) is 0.529. The summed E-state index contributed by atoms with van der Waals surface area (Å²) >= 11 is 0. The molecule has 5 heteroatoms. The highest BCUT2D eigenvalue weighted by Gasteiger charge is 2.21. The van der Waals surface area contributed by atoms with Gasteiger partial charge in [-0.3, -0.25) is 0 Å². The van der Waals surface area contributed by atoms with Gasteiger partial charge in [-0.2, -0.15) is 4.98 Å². The molecule has 1 aromatic heterocycles. The molecule has 0 bridgehead atoms. The number of rotatable bonds is 4. The minimum atomic E-state index is 0.377. The molecule has 1 atom stereocenters. The normalized spacial score (nSPS) is 19.2. The van der Waals surface area contributed by atoms with Crippen LogP contribution in [0.1, 0.15) is 26.7 Å². The molecular weight excluding hydrogens is 276 g/mol. The summed E-state index contributed by atoms with van der Waals surface area (Å²) in [5.74, 6) is 1.48. The van der Waals surface area contributed by atoms with Crippen molar-refractivity contribution in [2.75, 3.05) is 31.1 Å². The SMILES string of the molecule is CCCOc1nc(N2CCCNCC2C)nc2ccccc12. The molecule has 0 spiro atoms. The van der Waals surface area contributed by atoms with E-state index in [0.717, 1.165) is 49.3 Å². The zero-order valence-corrected chi connectivity index (χ0v) is 13.4. The summed E-state index contributed by atoms with van der Waals surface area (Å²) in [6.07, 6.45) is 2.07. The third-order valence-electron chi connectivity index (χ3n) is 3.98. The fourth-order valence-electron chi connectivity index (χ4n) is 2.79. The van der Waals surface area contributed by atoms with Gasteiger partial charge < -0.3 is 15.0 Å². The maximum Gasteiger partial charge on any atom is 0.229 e. The maximum atomic E-state index is 5.87. The number of ether oxygens (including phenoxy) is 1. The van der Waals surface area contributed by atoms with E-state index in [1.165, 1.54) is 0 Å². The van der Waals surface area contributed by atoms with Crippen molar-refractivity contribution in [2.45, 2.75) is 32.7 Å². The Kier molecular flexibility index (Phi) is 4.73. The lowest BCUT2D eigenvalue weighted by molar-refractivity contribution is 0.309. The van der Waals surface area contributed by atoms with E-state index in [9.17, 15) is 0 Å². The molecule has 1 aliphatic heterocycles. The first-order chi connectivity index (χ1) is 10.8. The third kappa shape index (κ3) is 3.14. The molecule has 0 saturated carbocycles. The Morgan fingerprint density at radius 1 is 1.32 bits per heavy atom. The molecule has 0 radical (unpaired) electrons. The second kappa shape index (κ2) is 6.92. The van der Waals surface area contributed by atoms with E-state index in [-0.39, 0.29) is 0 Å². The first kappa shape index (κ1) is 15.0. The van der Waals surface area contributed by atoms with Gasteiger partial charge in [-0.25, -0.2) is 4.98 Å². The Labute approximate surface area is 131 Å². The van der Waals surface area contributed by atoms with Crippen LogP contribution in [0.15, 0.2) is 24.3 Å². The van der Waals surface area contributed by atoms with E-state index in [4.69, 9.17) is 14.7 Å². The van der Waals surface area contributed by atoms with Crippen LogP contribution in [0.2, 0.25) is 0 Å². The molecule has 2 heterocycles. The zero-order valence-electron chi connectivity index (χ0n) is 13.4. The lowest BCUT2D eigenvalue weighted by Gasteiger charge is -2.27. The van der Waals surface area contributed by atoms with Gasteiger partial charge in [0.15, 0.2) is 0 Å². The summed E-state index contributed by atoms with van der Waals surface area (Å²) < 4.78 is 5.87. The predicted molar refractivity (Wildman–Crippen MR) is 89.6 cm³/mol. The smallest absolute Gasteiger partial charge is 0.229 e. The van der Waals surface area contributed by atoms with Gasteiger partial charge in [-0.15, -0.1) is 0 Å². The van der Waals surface area contributed by atoms with Crippen molar-refractivity contribution in [1.29, 1.82) is 0 Å². The molecule has 22 heavy (non-hydrogen) atoms. The van der Waals surface area contributed by atoms with Crippen LogP contribution >= 0.6 is 0 Å². The lowest BCUT2D eigenvalue weighted by atomic mass is 10.2. The second-order valence-corrected chi connectivity index (χ2v) is 5.79. The van der Waals surface area contributed by atoms with Crippen molar-refractivity contribution >= 4 is 16.9 Å². The molecule has 1 aliphatic rings. The minimum absolute atomic E-state index is 0.377. The number of nitrogens with one attached hydrogen (secondary N) is 1.